The van der Waals surface area contributed by atoms with Gasteiger partial charge in [0, 0.05) is 3.57 Å². The molecule has 2 amide bonds. The van der Waals surface area contributed by atoms with Crippen LogP contribution in [0.5, 0.6) is 5.75 Å². The van der Waals surface area contributed by atoms with Gasteiger partial charge in [-0.05, 0) is 58.8 Å². The van der Waals surface area contributed by atoms with Gasteiger partial charge in [-0.3, -0.25) is 20.4 Å². The highest BCUT2D eigenvalue weighted by molar-refractivity contribution is 14.1. The van der Waals surface area contributed by atoms with Crippen molar-refractivity contribution in [2.45, 2.75) is 13.3 Å². The van der Waals surface area contributed by atoms with Gasteiger partial charge in [0.2, 0.25) is 0 Å². The minimum atomic E-state index is -0.427. The van der Waals surface area contributed by atoms with Gasteiger partial charge in [0.25, 0.3) is 11.8 Å². The van der Waals surface area contributed by atoms with E-state index in [2.05, 4.69) is 40.4 Å². The Morgan fingerprint density at radius 1 is 1.04 bits per heavy atom. The largest absolute Gasteiger partial charge is 0.484 e. The minimum absolute atomic E-state index is 0.169. The van der Waals surface area contributed by atoms with Crippen molar-refractivity contribution in [2.75, 3.05) is 6.61 Å². The van der Waals surface area contributed by atoms with Gasteiger partial charge in [-0.1, -0.05) is 31.2 Å². The number of carbonyl (C=O) groups is 2. The highest BCUT2D eigenvalue weighted by atomic mass is 127. The zero-order valence-corrected chi connectivity index (χ0v) is 14.8. The summed E-state index contributed by atoms with van der Waals surface area (Å²) < 4.78 is 6.17. The molecule has 0 saturated heterocycles. The summed E-state index contributed by atoms with van der Waals surface area (Å²) in [6.07, 6.45) is 0.949. The zero-order chi connectivity index (χ0) is 16.7. The van der Waals surface area contributed by atoms with Crippen LogP contribution < -0.4 is 15.6 Å². The average molecular weight is 424 g/mol. The summed E-state index contributed by atoms with van der Waals surface area (Å²) in [7, 11) is 0. The van der Waals surface area contributed by atoms with Crippen molar-refractivity contribution in [2.24, 2.45) is 0 Å². The van der Waals surface area contributed by atoms with Crippen LogP contribution in [-0.2, 0) is 11.2 Å². The molecule has 5 nitrogen and oxygen atoms in total. The van der Waals surface area contributed by atoms with Gasteiger partial charge >= 0.3 is 0 Å². The molecule has 0 spiro atoms. The first-order valence-corrected chi connectivity index (χ1v) is 8.23. The Kier molecular flexibility index (Phi) is 6.40. The first-order chi connectivity index (χ1) is 11.1. The predicted molar refractivity (Wildman–Crippen MR) is 96.1 cm³/mol. The van der Waals surface area contributed by atoms with Gasteiger partial charge in [0.05, 0.1) is 5.56 Å². The van der Waals surface area contributed by atoms with Crippen LogP contribution in [0, 0.1) is 3.57 Å². The van der Waals surface area contributed by atoms with E-state index in [1.807, 2.05) is 36.4 Å². The Labute approximate surface area is 148 Å². The van der Waals surface area contributed by atoms with Crippen molar-refractivity contribution in [3.63, 3.8) is 0 Å². The van der Waals surface area contributed by atoms with Gasteiger partial charge < -0.3 is 4.74 Å². The summed E-state index contributed by atoms with van der Waals surface area (Å²) in [6.45, 7) is 1.90. The molecular formula is C17H17IN2O3. The maximum absolute atomic E-state index is 11.9. The highest BCUT2D eigenvalue weighted by Gasteiger charge is 2.10. The van der Waals surface area contributed by atoms with E-state index in [-0.39, 0.29) is 12.5 Å². The number of hydrogen-bond donors (Lipinski definition) is 2. The molecule has 0 aliphatic heterocycles. The van der Waals surface area contributed by atoms with Crippen LogP contribution in [0.25, 0.3) is 0 Å². The second-order valence-corrected chi connectivity index (χ2v) is 5.93. The van der Waals surface area contributed by atoms with Gasteiger partial charge in [0.1, 0.15) is 5.75 Å². The third-order valence-corrected chi connectivity index (χ3v) is 4.08. The number of nitrogens with one attached hydrogen (secondary N) is 2. The smallest absolute Gasteiger partial charge is 0.276 e. The lowest BCUT2D eigenvalue weighted by Crippen LogP contribution is -2.44. The van der Waals surface area contributed by atoms with Crippen LogP contribution in [0.1, 0.15) is 22.8 Å². The Morgan fingerprint density at radius 3 is 2.39 bits per heavy atom. The number of amides is 2. The topological polar surface area (TPSA) is 67.4 Å². The number of rotatable bonds is 5. The number of benzene rings is 2. The number of ether oxygens (including phenoxy) is 1. The third kappa shape index (κ3) is 5.24. The molecule has 2 aromatic carbocycles. The van der Waals surface area contributed by atoms with E-state index in [1.54, 1.807) is 12.1 Å². The first kappa shape index (κ1) is 17.3. The van der Waals surface area contributed by atoms with Gasteiger partial charge in [-0.2, -0.15) is 0 Å². The van der Waals surface area contributed by atoms with E-state index < -0.39 is 5.91 Å². The van der Waals surface area contributed by atoms with Crippen LogP contribution in [0.4, 0.5) is 0 Å². The molecule has 0 saturated carbocycles. The van der Waals surface area contributed by atoms with Crippen LogP contribution in [0.15, 0.2) is 48.5 Å². The molecule has 2 N–H and O–H groups in total. The molecule has 0 radical (unpaired) electrons. The highest BCUT2D eigenvalue weighted by Crippen LogP contribution is 2.12. The van der Waals surface area contributed by atoms with E-state index in [1.165, 1.54) is 5.56 Å². The standard InChI is InChI=1S/C17H17IN2O3/c1-2-12-7-9-13(10-8-12)23-11-16(21)19-20-17(22)14-5-3-4-6-15(14)18/h3-10H,2,11H2,1H3,(H,19,21)(H,20,22). The fraction of sp³-hybridized carbons (Fsp3) is 0.176. The molecule has 0 unspecified atom stereocenters. The Balaban J connectivity index is 1.78. The van der Waals surface area contributed by atoms with Gasteiger partial charge in [-0.25, -0.2) is 0 Å². The van der Waals surface area contributed by atoms with Crippen LogP contribution >= 0.6 is 22.6 Å². The predicted octanol–water partition coefficient (Wildman–Crippen LogP) is 2.69. The number of halogens is 1. The van der Waals surface area contributed by atoms with E-state index in [0.29, 0.717) is 11.3 Å². The molecule has 6 heteroatoms. The second kappa shape index (κ2) is 8.52. The quantitative estimate of drug-likeness (QED) is 0.573. The van der Waals surface area contributed by atoms with Crippen molar-refractivity contribution in [3.8, 4) is 5.75 Å². The summed E-state index contributed by atoms with van der Waals surface area (Å²) in [4.78, 5) is 23.7. The lowest BCUT2D eigenvalue weighted by Gasteiger charge is -2.10. The summed E-state index contributed by atoms with van der Waals surface area (Å²) >= 11 is 2.06. The fourth-order valence-electron chi connectivity index (χ4n) is 1.85. The number of aryl methyl sites for hydroxylation is 1. The maximum atomic E-state index is 11.9. The van der Waals surface area contributed by atoms with Crippen molar-refractivity contribution < 1.29 is 14.3 Å². The zero-order valence-electron chi connectivity index (χ0n) is 12.6. The molecule has 0 bridgehead atoms. The molecule has 0 aromatic heterocycles. The number of carbonyl (C=O) groups excluding carboxylic acids is 2. The molecule has 0 fully saturated rings. The average Bonchev–Trinajstić information content (AvgIpc) is 2.58. The van der Waals surface area contributed by atoms with Crippen LogP contribution in [0.2, 0.25) is 0 Å². The van der Waals surface area contributed by atoms with Gasteiger partial charge in [0.15, 0.2) is 6.61 Å². The van der Waals surface area contributed by atoms with Crippen molar-refractivity contribution in [1.29, 1.82) is 0 Å². The monoisotopic (exact) mass is 424 g/mol. The molecule has 0 aliphatic carbocycles. The molecular weight excluding hydrogens is 407 g/mol. The van der Waals surface area contributed by atoms with E-state index in [9.17, 15) is 9.59 Å². The van der Waals surface area contributed by atoms with E-state index in [0.717, 1.165) is 9.99 Å². The molecule has 2 rings (SSSR count). The summed E-state index contributed by atoms with van der Waals surface area (Å²) in [5, 5.41) is 0. The Morgan fingerprint density at radius 2 is 1.74 bits per heavy atom. The Bertz CT molecular complexity index is 686. The van der Waals surface area contributed by atoms with Crippen molar-refractivity contribution in [3.05, 3.63) is 63.2 Å². The van der Waals surface area contributed by atoms with Crippen LogP contribution in [-0.4, -0.2) is 18.4 Å². The third-order valence-electron chi connectivity index (χ3n) is 3.14. The molecule has 120 valence electrons. The van der Waals surface area contributed by atoms with Crippen LogP contribution in [0.3, 0.4) is 0 Å². The Hall–Kier alpha value is -2.09. The summed E-state index contributed by atoms with van der Waals surface area (Å²) in [5.74, 6) is -0.180. The number of hydrogen-bond acceptors (Lipinski definition) is 3. The first-order valence-electron chi connectivity index (χ1n) is 7.15. The minimum Gasteiger partial charge on any atom is -0.484 e. The summed E-state index contributed by atoms with van der Waals surface area (Å²) in [6, 6.07) is 14.7. The normalized spacial score (nSPS) is 10.0. The molecule has 0 heterocycles. The molecule has 23 heavy (non-hydrogen) atoms. The molecule has 2 aromatic rings. The van der Waals surface area contributed by atoms with Gasteiger partial charge in [-0.15, -0.1) is 0 Å². The second-order valence-electron chi connectivity index (χ2n) is 4.77. The lowest BCUT2D eigenvalue weighted by molar-refractivity contribution is -0.123. The number of hydrazine groups is 1. The SMILES string of the molecule is CCc1ccc(OCC(=O)NNC(=O)c2ccccc2I)cc1. The molecule has 0 aliphatic rings. The maximum Gasteiger partial charge on any atom is 0.276 e. The molecule has 0 atom stereocenters. The van der Waals surface area contributed by atoms with Crippen molar-refractivity contribution >= 4 is 34.4 Å². The van der Waals surface area contributed by atoms with Crippen molar-refractivity contribution in [1.82, 2.24) is 10.9 Å². The lowest BCUT2D eigenvalue weighted by atomic mass is 10.2. The fourth-order valence-corrected chi connectivity index (χ4v) is 2.48. The summed E-state index contributed by atoms with van der Waals surface area (Å²) in [5.41, 5.74) is 6.41. The van der Waals surface area contributed by atoms with E-state index >= 15 is 0 Å². The van der Waals surface area contributed by atoms with E-state index in [4.69, 9.17) is 4.74 Å².